The van der Waals surface area contributed by atoms with E-state index in [9.17, 15) is 4.79 Å². The Morgan fingerprint density at radius 3 is 3.00 bits per heavy atom. The summed E-state index contributed by atoms with van der Waals surface area (Å²) in [4.78, 5) is 13.3. The molecule has 0 aliphatic carbocycles. The molecule has 1 aromatic rings. The Kier molecular flexibility index (Phi) is 2.83. The summed E-state index contributed by atoms with van der Waals surface area (Å²) in [5, 5.41) is 9.14. The number of amides is 1. The monoisotopic (exact) mass is 227 g/mol. The van der Waals surface area contributed by atoms with Crippen molar-refractivity contribution in [2.45, 2.75) is 19.9 Å². The predicted molar refractivity (Wildman–Crippen MR) is 56.9 cm³/mol. The van der Waals surface area contributed by atoms with E-state index in [2.05, 4.69) is 22.5 Å². The molecular weight excluding hydrogens is 214 g/mol. The summed E-state index contributed by atoms with van der Waals surface area (Å²) in [6.45, 7) is 3.43. The molecule has 1 unspecified atom stereocenters. The number of nitrogen functional groups attached to an aromatic ring is 1. The zero-order valence-electron chi connectivity index (χ0n) is 8.43. The molecule has 0 saturated carbocycles. The van der Waals surface area contributed by atoms with Crippen LogP contribution in [0.4, 0.5) is 5.13 Å². The number of hydrazine groups is 1. The zero-order valence-corrected chi connectivity index (χ0v) is 9.25. The Labute approximate surface area is 91.4 Å². The van der Waals surface area contributed by atoms with Crippen LogP contribution in [0.1, 0.15) is 18.4 Å². The number of hydrogen-bond donors (Lipinski definition) is 2. The van der Waals surface area contributed by atoms with Gasteiger partial charge in [-0.2, -0.15) is 0 Å². The highest BCUT2D eigenvalue weighted by Crippen LogP contribution is 2.21. The fourth-order valence-electron chi connectivity index (χ4n) is 1.66. The van der Waals surface area contributed by atoms with Crippen LogP contribution in [0.2, 0.25) is 0 Å². The van der Waals surface area contributed by atoms with Crippen molar-refractivity contribution in [3.8, 4) is 0 Å². The van der Waals surface area contributed by atoms with E-state index < -0.39 is 0 Å². The lowest BCUT2D eigenvalue weighted by atomic mass is 10.2. The molecular formula is C8H13N5OS. The minimum atomic E-state index is 0.194. The van der Waals surface area contributed by atoms with Gasteiger partial charge in [0.25, 0.3) is 0 Å². The number of nitrogens with one attached hydrogen (secondary N) is 1. The fourth-order valence-corrected chi connectivity index (χ4v) is 2.33. The first-order valence-electron chi connectivity index (χ1n) is 4.76. The van der Waals surface area contributed by atoms with Crippen LogP contribution < -0.4 is 11.3 Å². The zero-order chi connectivity index (χ0) is 10.8. The molecule has 0 radical (unpaired) electrons. The second-order valence-electron chi connectivity index (χ2n) is 3.73. The van der Waals surface area contributed by atoms with Crippen LogP contribution in [0.5, 0.6) is 0 Å². The first-order chi connectivity index (χ1) is 7.19. The topological polar surface area (TPSA) is 84.1 Å². The molecule has 15 heavy (non-hydrogen) atoms. The van der Waals surface area contributed by atoms with Crippen molar-refractivity contribution in [3.05, 3.63) is 5.01 Å². The highest BCUT2D eigenvalue weighted by atomic mass is 32.1. The SMILES string of the molecule is CC1CC(=O)N(Cc2nnc(NN)s2)C1. The molecule has 2 rings (SSSR count). The van der Waals surface area contributed by atoms with Crippen molar-refractivity contribution in [1.82, 2.24) is 15.1 Å². The van der Waals surface area contributed by atoms with Gasteiger partial charge in [0.2, 0.25) is 11.0 Å². The van der Waals surface area contributed by atoms with Crippen molar-refractivity contribution in [2.24, 2.45) is 11.8 Å². The molecule has 1 saturated heterocycles. The Balaban J connectivity index is 1.99. The molecule has 1 aromatic heterocycles. The second kappa shape index (κ2) is 4.11. The minimum absolute atomic E-state index is 0.194. The van der Waals surface area contributed by atoms with E-state index in [0.29, 0.717) is 24.0 Å². The maximum absolute atomic E-state index is 11.5. The standard InChI is InChI=1S/C8H13N5OS/c1-5-2-7(14)13(3-5)4-6-11-12-8(10-9)15-6/h5H,2-4,9H2,1H3,(H,10,12). The first kappa shape index (κ1) is 10.3. The van der Waals surface area contributed by atoms with Gasteiger partial charge in [0, 0.05) is 13.0 Å². The van der Waals surface area contributed by atoms with Crippen molar-refractivity contribution >= 4 is 22.4 Å². The van der Waals surface area contributed by atoms with Crippen LogP contribution in [-0.2, 0) is 11.3 Å². The maximum atomic E-state index is 11.5. The number of aromatic nitrogens is 2. The molecule has 1 aliphatic rings. The van der Waals surface area contributed by atoms with Crippen LogP contribution in [0.3, 0.4) is 0 Å². The molecule has 3 N–H and O–H groups in total. The lowest BCUT2D eigenvalue weighted by molar-refractivity contribution is -0.128. The molecule has 1 amide bonds. The van der Waals surface area contributed by atoms with Crippen LogP contribution >= 0.6 is 11.3 Å². The van der Waals surface area contributed by atoms with Crippen LogP contribution in [0.25, 0.3) is 0 Å². The summed E-state index contributed by atoms with van der Waals surface area (Å²) >= 11 is 1.37. The summed E-state index contributed by atoms with van der Waals surface area (Å²) in [7, 11) is 0. The van der Waals surface area contributed by atoms with E-state index in [4.69, 9.17) is 5.84 Å². The summed E-state index contributed by atoms with van der Waals surface area (Å²) in [5.41, 5.74) is 2.43. The lowest BCUT2D eigenvalue weighted by Gasteiger charge is -2.13. The number of anilines is 1. The molecule has 6 nitrogen and oxygen atoms in total. The van der Waals surface area contributed by atoms with Gasteiger partial charge in [-0.1, -0.05) is 18.3 Å². The van der Waals surface area contributed by atoms with E-state index in [1.54, 1.807) is 0 Å². The van der Waals surface area contributed by atoms with Crippen molar-refractivity contribution in [3.63, 3.8) is 0 Å². The van der Waals surface area contributed by atoms with Crippen LogP contribution in [0, 0.1) is 5.92 Å². The molecule has 2 heterocycles. The molecule has 1 fully saturated rings. The number of likely N-dealkylation sites (tertiary alicyclic amines) is 1. The van der Waals surface area contributed by atoms with E-state index in [1.807, 2.05) is 4.90 Å². The lowest BCUT2D eigenvalue weighted by Crippen LogP contribution is -2.24. The van der Waals surface area contributed by atoms with Gasteiger partial charge in [-0.15, -0.1) is 10.2 Å². The number of rotatable bonds is 3. The first-order valence-corrected chi connectivity index (χ1v) is 5.57. The third-order valence-electron chi connectivity index (χ3n) is 2.32. The fraction of sp³-hybridized carbons (Fsp3) is 0.625. The normalized spacial score (nSPS) is 21.1. The van der Waals surface area contributed by atoms with Crippen molar-refractivity contribution < 1.29 is 4.79 Å². The number of nitrogens with two attached hydrogens (primary N) is 1. The molecule has 1 atom stereocenters. The molecule has 7 heteroatoms. The average Bonchev–Trinajstić information content (AvgIpc) is 2.75. The number of carbonyl (C=O) groups is 1. The highest BCUT2D eigenvalue weighted by molar-refractivity contribution is 7.15. The number of nitrogens with zero attached hydrogens (tertiary/aromatic N) is 3. The van der Waals surface area contributed by atoms with Gasteiger partial charge in [0.15, 0.2) is 0 Å². The minimum Gasteiger partial charge on any atom is -0.336 e. The van der Waals surface area contributed by atoms with E-state index in [0.717, 1.165) is 11.6 Å². The molecule has 1 aliphatic heterocycles. The van der Waals surface area contributed by atoms with Gasteiger partial charge in [-0.05, 0) is 5.92 Å². The third kappa shape index (κ3) is 2.24. The third-order valence-corrected chi connectivity index (χ3v) is 3.16. The van der Waals surface area contributed by atoms with E-state index in [-0.39, 0.29) is 5.91 Å². The van der Waals surface area contributed by atoms with Gasteiger partial charge in [0.05, 0.1) is 6.54 Å². The molecule has 0 aromatic carbocycles. The van der Waals surface area contributed by atoms with Crippen LogP contribution in [0.15, 0.2) is 0 Å². The second-order valence-corrected chi connectivity index (χ2v) is 4.79. The van der Waals surface area contributed by atoms with E-state index in [1.165, 1.54) is 11.3 Å². The van der Waals surface area contributed by atoms with Crippen molar-refractivity contribution in [1.29, 1.82) is 0 Å². The van der Waals surface area contributed by atoms with Crippen LogP contribution in [-0.4, -0.2) is 27.5 Å². The van der Waals surface area contributed by atoms with Gasteiger partial charge in [-0.25, -0.2) is 5.84 Å². The molecule has 0 spiro atoms. The molecule has 82 valence electrons. The van der Waals surface area contributed by atoms with Gasteiger partial charge >= 0.3 is 0 Å². The van der Waals surface area contributed by atoms with Gasteiger partial charge in [-0.3, -0.25) is 10.2 Å². The summed E-state index contributed by atoms with van der Waals surface area (Å²) < 4.78 is 0. The Bertz CT molecular complexity index is 366. The highest BCUT2D eigenvalue weighted by Gasteiger charge is 2.27. The van der Waals surface area contributed by atoms with Gasteiger partial charge in [0.1, 0.15) is 5.01 Å². The van der Waals surface area contributed by atoms with Crippen molar-refractivity contribution in [2.75, 3.05) is 12.0 Å². The quantitative estimate of drug-likeness (QED) is 0.569. The summed E-state index contributed by atoms with van der Waals surface area (Å²) in [6.07, 6.45) is 0.640. The molecule has 0 bridgehead atoms. The maximum Gasteiger partial charge on any atom is 0.223 e. The summed E-state index contributed by atoms with van der Waals surface area (Å²) in [5.74, 6) is 5.83. The smallest absolute Gasteiger partial charge is 0.223 e. The summed E-state index contributed by atoms with van der Waals surface area (Å²) in [6, 6.07) is 0. The van der Waals surface area contributed by atoms with E-state index >= 15 is 0 Å². The largest absolute Gasteiger partial charge is 0.336 e. The number of carbonyl (C=O) groups excluding carboxylic acids is 1. The Hall–Kier alpha value is -1.21. The number of hydrogen-bond acceptors (Lipinski definition) is 6. The predicted octanol–water partition coefficient (Wildman–Crippen LogP) is 0.192. The Morgan fingerprint density at radius 2 is 2.47 bits per heavy atom. The average molecular weight is 227 g/mol. The van der Waals surface area contributed by atoms with Gasteiger partial charge < -0.3 is 4.90 Å². The Morgan fingerprint density at radius 1 is 1.67 bits per heavy atom.